The van der Waals surface area contributed by atoms with Gasteiger partial charge in [0.15, 0.2) is 0 Å². The Morgan fingerprint density at radius 3 is 2.82 bits per heavy atom. The Balaban J connectivity index is 1.69. The molecular formula is C13H8BrClN4O2S. The minimum absolute atomic E-state index is 0.0270. The average molecular weight is 400 g/mol. The van der Waals surface area contributed by atoms with Crippen LogP contribution in [0.25, 0.3) is 11.3 Å². The zero-order valence-electron chi connectivity index (χ0n) is 10.9. The maximum Gasteiger partial charge on any atom is 0.356 e. The molecule has 0 atom stereocenters. The van der Waals surface area contributed by atoms with Crippen molar-refractivity contribution in [3.8, 4) is 11.3 Å². The number of rotatable bonds is 4. The van der Waals surface area contributed by atoms with Gasteiger partial charge in [0.1, 0.15) is 22.3 Å². The fraction of sp³-hybridized carbons (Fsp3) is 0.0769. The summed E-state index contributed by atoms with van der Waals surface area (Å²) in [6, 6.07) is 9.23. The third kappa shape index (κ3) is 3.34. The third-order valence-corrected chi connectivity index (χ3v) is 4.30. The van der Waals surface area contributed by atoms with Crippen LogP contribution >= 0.6 is 39.1 Å². The first-order valence-corrected chi connectivity index (χ1v) is 8.03. The standard InChI is InChI=1S/C13H8BrClN4O2S/c14-8-3-1-7(2-4-8)9-5-10(17-16-9)13(20)21-6-11-12(15)22-19-18-11/h1-5H,6H2,(H,16,17). The van der Waals surface area contributed by atoms with E-state index in [0.717, 1.165) is 21.6 Å². The Morgan fingerprint density at radius 1 is 1.36 bits per heavy atom. The number of carbonyl (C=O) groups is 1. The van der Waals surface area contributed by atoms with Gasteiger partial charge in [-0.3, -0.25) is 5.10 Å². The Morgan fingerprint density at radius 2 is 2.14 bits per heavy atom. The number of nitrogens with one attached hydrogen (secondary N) is 1. The number of aromatic nitrogens is 4. The Kier molecular flexibility index (Phi) is 4.51. The van der Waals surface area contributed by atoms with Crippen molar-refractivity contribution in [3.63, 3.8) is 0 Å². The molecule has 9 heteroatoms. The van der Waals surface area contributed by atoms with E-state index >= 15 is 0 Å². The van der Waals surface area contributed by atoms with Gasteiger partial charge < -0.3 is 4.74 Å². The first kappa shape index (κ1) is 15.1. The zero-order valence-corrected chi connectivity index (χ0v) is 14.1. The second-order valence-electron chi connectivity index (χ2n) is 4.24. The lowest BCUT2D eigenvalue weighted by Gasteiger charge is -1.99. The van der Waals surface area contributed by atoms with E-state index in [1.165, 1.54) is 0 Å². The number of hydrogen-bond acceptors (Lipinski definition) is 6. The second-order valence-corrected chi connectivity index (χ2v) is 6.52. The first-order chi connectivity index (χ1) is 10.6. The highest BCUT2D eigenvalue weighted by molar-refractivity contribution is 9.10. The van der Waals surface area contributed by atoms with Gasteiger partial charge >= 0.3 is 5.97 Å². The Bertz CT molecular complexity index is 802. The Labute approximate surface area is 142 Å². The van der Waals surface area contributed by atoms with Crippen LogP contribution in [0.2, 0.25) is 4.34 Å². The van der Waals surface area contributed by atoms with Gasteiger partial charge in [-0.2, -0.15) is 5.10 Å². The van der Waals surface area contributed by atoms with Crippen LogP contribution in [0.15, 0.2) is 34.8 Å². The van der Waals surface area contributed by atoms with Gasteiger partial charge in [0.25, 0.3) is 0 Å². The molecule has 0 fully saturated rings. The van der Waals surface area contributed by atoms with Crippen molar-refractivity contribution in [2.75, 3.05) is 0 Å². The SMILES string of the molecule is O=C(OCc1nnsc1Cl)c1cc(-c2ccc(Br)cc2)n[nH]1. The van der Waals surface area contributed by atoms with Gasteiger partial charge in [-0.15, -0.1) is 5.10 Å². The van der Waals surface area contributed by atoms with Gasteiger partial charge in [0.2, 0.25) is 0 Å². The van der Waals surface area contributed by atoms with Crippen molar-refractivity contribution in [1.29, 1.82) is 0 Å². The molecule has 3 aromatic rings. The summed E-state index contributed by atoms with van der Waals surface area (Å²) in [5, 5.41) is 10.5. The number of H-pyrrole nitrogens is 1. The summed E-state index contributed by atoms with van der Waals surface area (Å²) in [5.41, 5.74) is 2.25. The highest BCUT2D eigenvalue weighted by atomic mass is 79.9. The molecule has 0 aliphatic heterocycles. The summed E-state index contributed by atoms with van der Waals surface area (Å²) >= 11 is 10.3. The van der Waals surface area contributed by atoms with E-state index in [4.69, 9.17) is 16.3 Å². The summed E-state index contributed by atoms with van der Waals surface area (Å²) in [7, 11) is 0. The molecule has 2 heterocycles. The topological polar surface area (TPSA) is 80.8 Å². The van der Waals surface area contributed by atoms with Crippen molar-refractivity contribution in [2.24, 2.45) is 0 Å². The molecule has 112 valence electrons. The number of carbonyl (C=O) groups excluding carboxylic acids is 1. The molecule has 0 radical (unpaired) electrons. The van der Waals surface area contributed by atoms with Gasteiger partial charge in [0.05, 0.1) is 5.69 Å². The quantitative estimate of drug-likeness (QED) is 0.677. The van der Waals surface area contributed by atoms with Gasteiger partial charge in [-0.05, 0) is 18.2 Å². The molecular weight excluding hydrogens is 392 g/mol. The number of benzene rings is 1. The minimum Gasteiger partial charge on any atom is -0.454 e. The van der Waals surface area contributed by atoms with Crippen LogP contribution in [0.3, 0.4) is 0 Å². The van der Waals surface area contributed by atoms with Crippen LogP contribution in [-0.2, 0) is 11.3 Å². The lowest BCUT2D eigenvalue weighted by molar-refractivity contribution is 0.0461. The normalized spacial score (nSPS) is 10.6. The van der Waals surface area contributed by atoms with Gasteiger partial charge in [0, 0.05) is 21.6 Å². The third-order valence-electron chi connectivity index (χ3n) is 2.79. The van der Waals surface area contributed by atoms with E-state index in [1.54, 1.807) is 6.07 Å². The van der Waals surface area contributed by atoms with E-state index in [1.807, 2.05) is 24.3 Å². The molecule has 0 unspecified atom stereocenters. The molecule has 0 saturated carbocycles. The molecule has 0 aliphatic rings. The largest absolute Gasteiger partial charge is 0.454 e. The number of esters is 1. The monoisotopic (exact) mass is 398 g/mol. The van der Waals surface area contributed by atoms with Crippen LogP contribution in [0.4, 0.5) is 0 Å². The average Bonchev–Trinajstić information content (AvgIpc) is 3.15. The van der Waals surface area contributed by atoms with E-state index in [0.29, 0.717) is 15.7 Å². The molecule has 2 aromatic heterocycles. The molecule has 0 amide bonds. The number of ether oxygens (including phenoxy) is 1. The van der Waals surface area contributed by atoms with Crippen molar-refractivity contribution in [3.05, 3.63) is 50.5 Å². The van der Waals surface area contributed by atoms with Gasteiger partial charge in [-0.1, -0.05) is 44.2 Å². The lowest BCUT2D eigenvalue weighted by atomic mass is 10.1. The predicted octanol–water partition coefficient (Wildman–Crippen LogP) is 3.70. The summed E-state index contributed by atoms with van der Waals surface area (Å²) in [6.45, 7) is -0.0270. The van der Waals surface area contributed by atoms with Crippen molar-refractivity contribution >= 4 is 45.0 Å². The number of aromatic amines is 1. The summed E-state index contributed by atoms with van der Waals surface area (Å²) < 4.78 is 10.2. The molecule has 0 saturated heterocycles. The Hall–Kier alpha value is -1.77. The van der Waals surface area contributed by atoms with Gasteiger partial charge in [-0.25, -0.2) is 4.79 Å². The smallest absolute Gasteiger partial charge is 0.356 e. The number of halogens is 2. The maximum atomic E-state index is 12.0. The molecule has 22 heavy (non-hydrogen) atoms. The predicted molar refractivity (Wildman–Crippen MR) is 85.8 cm³/mol. The number of nitrogens with zero attached hydrogens (tertiary/aromatic N) is 3. The van der Waals surface area contributed by atoms with Crippen molar-refractivity contribution < 1.29 is 9.53 Å². The van der Waals surface area contributed by atoms with Crippen molar-refractivity contribution in [1.82, 2.24) is 19.8 Å². The fourth-order valence-corrected chi connectivity index (χ4v) is 2.56. The van der Waals surface area contributed by atoms with Crippen LogP contribution in [0.1, 0.15) is 16.2 Å². The first-order valence-electron chi connectivity index (χ1n) is 6.08. The molecule has 1 N–H and O–H groups in total. The van der Waals surface area contributed by atoms with E-state index in [2.05, 4.69) is 35.7 Å². The highest BCUT2D eigenvalue weighted by Crippen LogP contribution is 2.21. The molecule has 0 aliphatic carbocycles. The molecule has 1 aromatic carbocycles. The van der Waals surface area contributed by atoms with Crippen LogP contribution in [0.5, 0.6) is 0 Å². The van der Waals surface area contributed by atoms with Crippen LogP contribution < -0.4 is 0 Å². The van der Waals surface area contributed by atoms with Crippen LogP contribution in [-0.4, -0.2) is 25.8 Å². The maximum absolute atomic E-state index is 12.0. The second kappa shape index (κ2) is 6.55. The van der Waals surface area contributed by atoms with E-state index in [-0.39, 0.29) is 12.3 Å². The summed E-state index contributed by atoms with van der Waals surface area (Å²) in [5.74, 6) is -0.528. The lowest BCUT2D eigenvalue weighted by Crippen LogP contribution is -2.06. The van der Waals surface area contributed by atoms with E-state index < -0.39 is 5.97 Å². The summed E-state index contributed by atoms with van der Waals surface area (Å²) in [6.07, 6.45) is 0. The highest BCUT2D eigenvalue weighted by Gasteiger charge is 2.14. The molecule has 0 spiro atoms. The summed E-state index contributed by atoms with van der Waals surface area (Å²) in [4.78, 5) is 12.0. The van der Waals surface area contributed by atoms with Crippen molar-refractivity contribution in [2.45, 2.75) is 6.61 Å². The van der Waals surface area contributed by atoms with Crippen LogP contribution in [0, 0.1) is 0 Å². The fourth-order valence-electron chi connectivity index (χ4n) is 1.69. The number of hydrogen-bond donors (Lipinski definition) is 1. The minimum atomic E-state index is -0.528. The molecule has 3 rings (SSSR count). The molecule has 6 nitrogen and oxygen atoms in total. The molecule has 0 bridgehead atoms. The zero-order chi connectivity index (χ0) is 15.5. The van der Waals surface area contributed by atoms with E-state index in [9.17, 15) is 4.79 Å².